The van der Waals surface area contributed by atoms with E-state index in [2.05, 4.69) is 0 Å². The van der Waals surface area contributed by atoms with Crippen LogP contribution in [0.5, 0.6) is 0 Å². The van der Waals surface area contributed by atoms with E-state index in [9.17, 15) is 0 Å². The van der Waals surface area contributed by atoms with Gasteiger partial charge in [0.2, 0.25) is 0 Å². The fourth-order valence-corrected chi connectivity index (χ4v) is 2.26. The lowest BCUT2D eigenvalue weighted by atomic mass is 10.1. The van der Waals surface area contributed by atoms with Gasteiger partial charge in [-0.25, -0.2) is 0 Å². The molecule has 0 radical (unpaired) electrons. The Morgan fingerprint density at radius 3 is 0.882 bits per heavy atom. The predicted molar refractivity (Wildman–Crippen MR) is 72.4 cm³/mol. The molecule has 1 heterocycles. The van der Waals surface area contributed by atoms with Crippen LogP contribution in [0.2, 0.25) is 0 Å². The topological polar surface area (TPSA) is 18.5 Å². The van der Waals surface area contributed by atoms with E-state index in [0.717, 1.165) is 26.4 Å². The van der Waals surface area contributed by atoms with E-state index in [4.69, 9.17) is 9.47 Å². The first kappa shape index (κ1) is 15.0. The zero-order valence-electron chi connectivity index (χ0n) is 11.4. The molecule has 1 fully saturated rings. The van der Waals surface area contributed by atoms with Gasteiger partial charge < -0.3 is 9.47 Å². The van der Waals surface area contributed by atoms with Crippen LogP contribution in [0.1, 0.15) is 70.6 Å². The second-order valence-corrected chi connectivity index (χ2v) is 5.11. The van der Waals surface area contributed by atoms with Crippen molar-refractivity contribution in [3.63, 3.8) is 0 Å². The van der Waals surface area contributed by atoms with Gasteiger partial charge in [0.1, 0.15) is 0 Å². The van der Waals surface area contributed by atoms with E-state index in [1.54, 1.807) is 0 Å². The summed E-state index contributed by atoms with van der Waals surface area (Å²) in [7, 11) is 0. The van der Waals surface area contributed by atoms with Crippen LogP contribution in [0.25, 0.3) is 0 Å². The summed E-state index contributed by atoms with van der Waals surface area (Å²) >= 11 is 0. The molecule has 1 saturated heterocycles. The minimum absolute atomic E-state index is 0.944. The summed E-state index contributed by atoms with van der Waals surface area (Å²) in [6.45, 7) is 3.83. The molecule has 1 rings (SSSR count). The summed E-state index contributed by atoms with van der Waals surface area (Å²) in [5.41, 5.74) is 0. The maximum atomic E-state index is 5.62. The minimum atomic E-state index is 0.944. The molecule has 0 saturated carbocycles. The van der Waals surface area contributed by atoms with Gasteiger partial charge in [-0.2, -0.15) is 0 Å². The van der Waals surface area contributed by atoms with E-state index >= 15 is 0 Å². The van der Waals surface area contributed by atoms with Gasteiger partial charge in [-0.15, -0.1) is 0 Å². The molecule has 2 nitrogen and oxygen atoms in total. The van der Waals surface area contributed by atoms with Crippen molar-refractivity contribution in [2.45, 2.75) is 70.6 Å². The summed E-state index contributed by atoms with van der Waals surface area (Å²) in [5, 5.41) is 0. The molecule has 1 aliphatic heterocycles. The van der Waals surface area contributed by atoms with E-state index < -0.39 is 0 Å². The standard InChI is InChI=1S/C15H30O2/c1-2-4-6-9-13-17-15-11-7-10-14-16-12-8-5-3-1/h1-15H2. The Morgan fingerprint density at radius 2 is 0.529 bits per heavy atom. The molecule has 0 aromatic carbocycles. The lowest BCUT2D eigenvalue weighted by Crippen LogP contribution is -1.99. The van der Waals surface area contributed by atoms with Gasteiger partial charge >= 0.3 is 0 Å². The zero-order chi connectivity index (χ0) is 12.0. The van der Waals surface area contributed by atoms with Crippen LogP contribution in [0.3, 0.4) is 0 Å². The maximum Gasteiger partial charge on any atom is 0.0466 e. The van der Waals surface area contributed by atoms with E-state index in [1.165, 1.54) is 70.6 Å². The Kier molecular flexibility index (Phi) is 10.9. The molecule has 0 aliphatic carbocycles. The molecule has 0 spiro atoms. The molecule has 0 bridgehead atoms. The summed E-state index contributed by atoms with van der Waals surface area (Å²) in [4.78, 5) is 0. The molecule has 0 aromatic heterocycles. The van der Waals surface area contributed by atoms with Crippen LogP contribution in [0.4, 0.5) is 0 Å². The van der Waals surface area contributed by atoms with Crippen LogP contribution in [0.15, 0.2) is 0 Å². The van der Waals surface area contributed by atoms with Gasteiger partial charge in [-0.3, -0.25) is 0 Å². The van der Waals surface area contributed by atoms with Crippen molar-refractivity contribution >= 4 is 0 Å². The SMILES string of the molecule is C1CCCCCOCCCCCOCCCC1. The molecule has 0 aromatic rings. The summed E-state index contributed by atoms with van der Waals surface area (Å²) in [6, 6.07) is 0. The largest absolute Gasteiger partial charge is 0.381 e. The number of hydrogen-bond donors (Lipinski definition) is 0. The van der Waals surface area contributed by atoms with Crippen molar-refractivity contribution < 1.29 is 9.47 Å². The van der Waals surface area contributed by atoms with Crippen molar-refractivity contribution in [1.82, 2.24) is 0 Å². The monoisotopic (exact) mass is 242 g/mol. The van der Waals surface area contributed by atoms with Gasteiger partial charge in [0, 0.05) is 26.4 Å². The molecule has 17 heavy (non-hydrogen) atoms. The number of ether oxygens (including phenoxy) is 2. The third kappa shape index (κ3) is 10.8. The van der Waals surface area contributed by atoms with E-state index in [0.29, 0.717) is 0 Å². The van der Waals surface area contributed by atoms with Crippen molar-refractivity contribution in [2.75, 3.05) is 26.4 Å². The molecule has 0 amide bonds. The van der Waals surface area contributed by atoms with Crippen LogP contribution in [-0.4, -0.2) is 26.4 Å². The lowest BCUT2D eigenvalue weighted by Gasteiger charge is -2.04. The van der Waals surface area contributed by atoms with Gasteiger partial charge in [0.25, 0.3) is 0 Å². The third-order valence-corrected chi connectivity index (χ3v) is 3.40. The highest BCUT2D eigenvalue weighted by molar-refractivity contribution is 4.48. The quantitative estimate of drug-likeness (QED) is 0.629. The molecule has 0 unspecified atom stereocenters. The summed E-state index contributed by atoms with van der Waals surface area (Å²) < 4.78 is 11.2. The Bertz CT molecular complexity index is 78.4. The molecular formula is C15H30O2. The maximum absolute atomic E-state index is 5.62. The fraction of sp³-hybridized carbons (Fsp3) is 1.00. The molecule has 0 atom stereocenters. The number of rotatable bonds is 0. The van der Waals surface area contributed by atoms with Gasteiger partial charge in [0.15, 0.2) is 0 Å². The Labute approximate surface area is 107 Å². The first-order chi connectivity index (χ1) is 8.50. The first-order valence-electron chi connectivity index (χ1n) is 7.65. The van der Waals surface area contributed by atoms with Crippen molar-refractivity contribution in [3.05, 3.63) is 0 Å². The highest BCUT2D eigenvalue weighted by Crippen LogP contribution is 2.09. The van der Waals surface area contributed by atoms with Crippen LogP contribution < -0.4 is 0 Å². The Hall–Kier alpha value is -0.0800. The van der Waals surface area contributed by atoms with Crippen LogP contribution >= 0.6 is 0 Å². The van der Waals surface area contributed by atoms with Gasteiger partial charge in [0.05, 0.1) is 0 Å². The van der Waals surface area contributed by atoms with Crippen molar-refractivity contribution in [3.8, 4) is 0 Å². The molecule has 1 aliphatic rings. The molecule has 102 valence electrons. The molecule has 2 heteroatoms. The first-order valence-corrected chi connectivity index (χ1v) is 7.65. The fourth-order valence-electron chi connectivity index (χ4n) is 2.26. The molecule has 0 N–H and O–H groups in total. The third-order valence-electron chi connectivity index (χ3n) is 3.40. The second kappa shape index (κ2) is 12.4. The van der Waals surface area contributed by atoms with Crippen molar-refractivity contribution in [2.24, 2.45) is 0 Å². The second-order valence-electron chi connectivity index (χ2n) is 5.11. The Balaban J connectivity index is 2.01. The van der Waals surface area contributed by atoms with Crippen LogP contribution in [-0.2, 0) is 9.47 Å². The zero-order valence-corrected chi connectivity index (χ0v) is 11.4. The normalized spacial score (nSPS) is 24.0. The highest BCUT2D eigenvalue weighted by atomic mass is 16.5. The smallest absolute Gasteiger partial charge is 0.0466 e. The molecular weight excluding hydrogens is 212 g/mol. The van der Waals surface area contributed by atoms with Gasteiger partial charge in [-0.1, -0.05) is 38.5 Å². The average Bonchev–Trinajstić information content (AvgIpc) is 2.35. The van der Waals surface area contributed by atoms with Crippen LogP contribution in [0, 0.1) is 0 Å². The summed E-state index contributed by atoms with van der Waals surface area (Å²) in [5.74, 6) is 0. The van der Waals surface area contributed by atoms with E-state index in [-0.39, 0.29) is 0 Å². The number of hydrogen-bond acceptors (Lipinski definition) is 2. The van der Waals surface area contributed by atoms with Gasteiger partial charge in [-0.05, 0) is 32.1 Å². The minimum Gasteiger partial charge on any atom is -0.381 e. The predicted octanol–water partition coefficient (Wildman–Crippen LogP) is 4.32. The van der Waals surface area contributed by atoms with Crippen molar-refractivity contribution in [1.29, 1.82) is 0 Å². The van der Waals surface area contributed by atoms with E-state index in [1.807, 2.05) is 0 Å². The highest BCUT2D eigenvalue weighted by Gasteiger charge is 1.96. The lowest BCUT2D eigenvalue weighted by molar-refractivity contribution is 0.111. The summed E-state index contributed by atoms with van der Waals surface area (Å²) in [6.07, 6.45) is 14.4. The average molecular weight is 242 g/mol. The Morgan fingerprint density at radius 1 is 0.294 bits per heavy atom.